The van der Waals surface area contributed by atoms with Gasteiger partial charge in [-0.25, -0.2) is 8.78 Å². The molecular weight excluding hydrogens is 288 g/mol. The Morgan fingerprint density at radius 1 is 1.24 bits per heavy atom. The summed E-state index contributed by atoms with van der Waals surface area (Å²) >= 11 is 3.05. The van der Waals surface area contributed by atoms with Crippen LogP contribution >= 0.6 is 15.9 Å². The van der Waals surface area contributed by atoms with E-state index in [9.17, 15) is 8.78 Å². The van der Waals surface area contributed by atoms with Crippen LogP contribution in [0.25, 0.3) is 0 Å². The van der Waals surface area contributed by atoms with Gasteiger partial charge in [-0.3, -0.25) is 0 Å². The van der Waals surface area contributed by atoms with Gasteiger partial charge in [0.25, 0.3) is 0 Å². The summed E-state index contributed by atoms with van der Waals surface area (Å²) in [6.45, 7) is 4.15. The Labute approximate surface area is 110 Å². The molecule has 0 saturated heterocycles. The van der Waals surface area contributed by atoms with Crippen molar-refractivity contribution in [2.24, 2.45) is 0 Å². The van der Waals surface area contributed by atoms with E-state index in [-0.39, 0.29) is 10.5 Å². The summed E-state index contributed by atoms with van der Waals surface area (Å²) in [4.78, 5) is 0. The van der Waals surface area contributed by atoms with Crippen LogP contribution in [-0.2, 0) is 0 Å². The summed E-state index contributed by atoms with van der Waals surface area (Å²) in [6, 6.07) is 2.53. The number of nitrogens with one attached hydrogen (secondary N) is 1. The predicted molar refractivity (Wildman–Crippen MR) is 71.3 cm³/mol. The van der Waals surface area contributed by atoms with Crippen molar-refractivity contribution in [1.29, 1.82) is 0 Å². The molecule has 0 aliphatic carbocycles. The lowest BCUT2D eigenvalue weighted by atomic mass is 10.1. The molecule has 1 rings (SSSR count). The third-order valence-electron chi connectivity index (χ3n) is 2.65. The number of halogens is 3. The van der Waals surface area contributed by atoms with Crippen molar-refractivity contribution >= 4 is 21.6 Å². The SMILES string of the molecule is CCCCCC(C)Nc1cc(Br)c(F)cc1F. The topological polar surface area (TPSA) is 12.0 Å². The highest BCUT2D eigenvalue weighted by Gasteiger charge is 2.10. The van der Waals surface area contributed by atoms with Crippen LogP contribution in [0, 0.1) is 11.6 Å². The van der Waals surface area contributed by atoms with Gasteiger partial charge in [0.05, 0.1) is 10.2 Å². The second kappa shape index (κ2) is 6.94. The van der Waals surface area contributed by atoms with Gasteiger partial charge in [-0.2, -0.15) is 0 Å². The van der Waals surface area contributed by atoms with Gasteiger partial charge in [0.2, 0.25) is 0 Å². The fourth-order valence-electron chi connectivity index (χ4n) is 1.67. The molecule has 0 aromatic heterocycles. The highest BCUT2D eigenvalue weighted by Crippen LogP contribution is 2.24. The number of hydrogen-bond donors (Lipinski definition) is 1. The van der Waals surface area contributed by atoms with Gasteiger partial charge in [-0.1, -0.05) is 26.2 Å². The summed E-state index contributed by atoms with van der Waals surface area (Å²) in [6.07, 6.45) is 4.46. The molecule has 1 aromatic rings. The quantitative estimate of drug-likeness (QED) is 0.569. The normalized spacial score (nSPS) is 12.5. The van der Waals surface area contributed by atoms with E-state index in [1.165, 1.54) is 18.9 Å². The molecule has 0 aliphatic rings. The Kier molecular flexibility index (Phi) is 5.89. The van der Waals surface area contributed by atoms with E-state index in [4.69, 9.17) is 0 Å². The van der Waals surface area contributed by atoms with Crippen molar-refractivity contribution in [3.63, 3.8) is 0 Å². The van der Waals surface area contributed by atoms with E-state index in [1.54, 1.807) is 0 Å². The maximum atomic E-state index is 13.5. The van der Waals surface area contributed by atoms with E-state index >= 15 is 0 Å². The molecule has 0 saturated carbocycles. The van der Waals surface area contributed by atoms with Crippen LogP contribution in [0.3, 0.4) is 0 Å². The Hall–Kier alpha value is -0.640. The van der Waals surface area contributed by atoms with Gasteiger partial charge in [-0.05, 0) is 35.3 Å². The van der Waals surface area contributed by atoms with Crippen molar-refractivity contribution in [3.8, 4) is 0 Å². The van der Waals surface area contributed by atoms with Gasteiger partial charge in [-0.15, -0.1) is 0 Å². The number of hydrogen-bond acceptors (Lipinski definition) is 1. The second-order valence-corrected chi connectivity index (χ2v) is 5.14. The first-order chi connectivity index (χ1) is 8.04. The van der Waals surface area contributed by atoms with E-state index in [0.29, 0.717) is 5.69 Å². The number of rotatable bonds is 6. The van der Waals surface area contributed by atoms with Gasteiger partial charge in [0.1, 0.15) is 11.6 Å². The van der Waals surface area contributed by atoms with Crippen LogP contribution in [0.15, 0.2) is 16.6 Å². The average Bonchev–Trinajstić information content (AvgIpc) is 2.26. The number of unbranched alkanes of at least 4 members (excludes halogenated alkanes) is 2. The molecule has 1 N–H and O–H groups in total. The summed E-state index contributed by atoms with van der Waals surface area (Å²) in [5.74, 6) is -1.13. The van der Waals surface area contributed by atoms with Crippen molar-refractivity contribution in [3.05, 3.63) is 28.2 Å². The molecule has 0 spiro atoms. The van der Waals surface area contributed by atoms with Gasteiger partial charge < -0.3 is 5.32 Å². The average molecular weight is 306 g/mol. The molecule has 17 heavy (non-hydrogen) atoms. The van der Waals surface area contributed by atoms with Gasteiger partial charge in [0.15, 0.2) is 0 Å². The van der Waals surface area contributed by atoms with Gasteiger partial charge >= 0.3 is 0 Å². The third-order valence-corrected chi connectivity index (χ3v) is 3.26. The van der Waals surface area contributed by atoms with Crippen LogP contribution in [0.5, 0.6) is 0 Å². The number of benzene rings is 1. The summed E-state index contributed by atoms with van der Waals surface area (Å²) < 4.78 is 26.8. The Balaban J connectivity index is 2.58. The smallest absolute Gasteiger partial charge is 0.149 e. The summed E-state index contributed by atoms with van der Waals surface area (Å²) in [7, 11) is 0. The lowest BCUT2D eigenvalue weighted by molar-refractivity contribution is 0.573. The van der Waals surface area contributed by atoms with E-state index in [1.807, 2.05) is 6.92 Å². The lowest BCUT2D eigenvalue weighted by Crippen LogP contribution is -2.16. The Morgan fingerprint density at radius 2 is 1.94 bits per heavy atom. The molecule has 0 bridgehead atoms. The maximum Gasteiger partial charge on any atom is 0.149 e. The molecule has 1 unspecified atom stereocenters. The van der Waals surface area contributed by atoms with Crippen molar-refractivity contribution in [1.82, 2.24) is 0 Å². The lowest BCUT2D eigenvalue weighted by Gasteiger charge is -2.16. The molecule has 0 aliphatic heterocycles. The summed E-state index contributed by atoms with van der Waals surface area (Å²) in [5, 5.41) is 3.07. The molecule has 1 nitrogen and oxygen atoms in total. The maximum absolute atomic E-state index is 13.5. The second-order valence-electron chi connectivity index (χ2n) is 4.29. The highest BCUT2D eigenvalue weighted by molar-refractivity contribution is 9.10. The van der Waals surface area contributed by atoms with E-state index in [0.717, 1.165) is 18.9 Å². The first-order valence-corrected chi connectivity index (χ1v) is 6.75. The minimum absolute atomic E-state index is 0.188. The third kappa shape index (κ3) is 4.62. The highest BCUT2D eigenvalue weighted by atomic mass is 79.9. The van der Waals surface area contributed by atoms with Crippen molar-refractivity contribution in [2.45, 2.75) is 45.6 Å². The zero-order chi connectivity index (χ0) is 12.8. The molecule has 96 valence electrons. The van der Waals surface area contributed by atoms with Crippen LogP contribution < -0.4 is 5.32 Å². The molecular formula is C13H18BrF2N. The minimum atomic E-state index is -0.577. The fraction of sp³-hybridized carbons (Fsp3) is 0.538. The monoisotopic (exact) mass is 305 g/mol. The Bertz CT molecular complexity index is 369. The fourth-order valence-corrected chi connectivity index (χ4v) is 2.01. The first-order valence-electron chi connectivity index (χ1n) is 5.95. The van der Waals surface area contributed by atoms with Gasteiger partial charge in [0, 0.05) is 12.1 Å². The largest absolute Gasteiger partial charge is 0.380 e. The summed E-state index contributed by atoms with van der Waals surface area (Å²) in [5.41, 5.74) is 0.349. The molecule has 0 fully saturated rings. The van der Waals surface area contributed by atoms with Crippen LogP contribution in [-0.4, -0.2) is 6.04 Å². The van der Waals surface area contributed by atoms with Crippen molar-refractivity contribution in [2.75, 3.05) is 5.32 Å². The number of anilines is 1. The zero-order valence-electron chi connectivity index (χ0n) is 10.2. The van der Waals surface area contributed by atoms with E-state index in [2.05, 4.69) is 28.2 Å². The predicted octanol–water partition coefficient (Wildman–Crippen LogP) is 5.11. The molecule has 1 atom stereocenters. The van der Waals surface area contributed by atoms with Crippen LogP contribution in [0.2, 0.25) is 0 Å². The minimum Gasteiger partial charge on any atom is -0.380 e. The molecule has 1 aromatic carbocycles. The first kappa shape index (κ1) is 14.4. The molecule has 4 heteroatoms. The Morgan fingerprint density at radius 3 is 2.59 bits per heavy atom. The standard InChI is InChI=1S/C13H18BrF2N/c1-3-4-5-6-9(2)17-13-7-10(14)11(15)8-12(13)16/h7-9,17H,3-6H2,1-2H3. The van der Waals surface area contributed by atoms with Crippen LogP contribution in [0.4, 0.5) is 14.5 Å². The van der Waals surface area contributed by atoms with Crippen LogP contribution in [0.1, 0.15) is 39.5 Å². The zero-order valence-corrected chi connectivity index (χ0v) is 11.8. The molecule has 0 heterocycles. The molecule has 0 radical (unpaired) electrons. The van der Waals surface area contributed by atoms with E-state index < -0.39 is 11.6 Å². The van der Waals surface area contributed by atoms with Crippen molar-refractivity contribution < 1.29 is 8.78 Å². The molecule has 0 amide bonds.